The average Bonchev–Trinajstić information content (AvgIpc) is 2.54. The van der Waals surface area contributed by atoms with Crippen LogP contribution in [0, 0.1) is 0 Å². The molecule has 0 radical (unpaired) electrons. The number of halogens is 1. The maximum atomic E-state index is 12.2. The molecule has 0 saturated carbocycles. The molecule has 0 aliphatic rings. The molecule has 1 amide bonds. The van der Waals surface area contributed by atoms with Crippen molar-refractivity contribution in [1.82, 2.24) is 5.32 Å². The summed E-state index contributed by atoms with van der Waals surface area (Å²) in [6.07, 6.45) is 0.259. The van der Waals surface area contributed by atoms with Crippen molar-refractivity contribution in [2.75, 3.05) is 14.2 Å². The topological polar surface area (TPSA) is 47.6 Å². The summed E-state index contributed by atoms with van der Waals surface area (Å²) >= 11 is 6.15. The number of amides is 1. The van der Waals surface area contributed by atoms with E-state index in [0.717, 1.165) is 11.1 Å². The fraction of sp³-hybridized carbons (Fsp3) is 0.278. The molecule has 0 spiro atoms. The van der Waals surface area contributed by atoms with E-state index in [2.05, 4.69) is 5.32 Å². The second kappa shape index (κ2) is 7.88. The summed E-state index contributed by atoms with van der Waals surface area (Å²) in [4.78, 5) is 12.2. The molecule has 0 aliphatic heterocycles. The van der Waals surface area contributed by atoms with Crippen molar-refractivity contribution >= 4 is 17.5 Å². The minimum atomic E-state index is -0.156. The van der Waals surface area contributed by atoms with Gasteiger partial charge in [0.15, 0.2) is 11.5 Å². The lowest BCUT2D eigenvalue weighted by molar-refractivity contribution is -0.121. The highest BCUT2D eigenvalue weighted by Crippen LogP contribution is 2.28. The van der Waals surface area contributed by atoms with Crippen molar-refractivity contribution in [2.24, 2.45) is 0 Å². The number of ether oxygens (including phenoxy) is 2. The Hall–Kier alpha value is -2.20. The molecular weight excluding hydrogens is 314 g/mol. The van der Waals surface area contributed by atoms with E-state index in [9.17, 15) is 4.79 Å². The van der Waals surface area contributed by atoms with Gasteiger partial charge in [0, 0.05) is 5.02 Å². The molecule has 0 bridgehead atoms. The van der Waals surface area contributed by atoms with E-state index in [4.69, 9.17) is 21.1 Å². The second-order valence-corrected chi connectivity index (χ2v) is 5.58. The largest absolute Gasteiger partial charge is 0.493 e. The Morgan fingerprint density at radius 1 is 1.13 bits per heavy atom. The lowest BCUT2D eigenvalue weighted by Gasteiger charge is -2.16. The van der Waals surface area contributed by atoms with Gasteiger partial charge in [-0.25, -0.2) is 0 Å². The SMILES string of the molecule is COc1ccc(CC(=O)NC(C)c2ccccc2Cl)cc1OC. The molecule has 122 valence electrons. The van der Waals surface area contributed by atoms with E-state index in [1.54, 1.807) is 26.4 Å². The lowest BCUT2D eigenvalue weighted by atomic mass is 10.1. The molecule has 2 aromatic rings. The van der Waals surface area contributed by atoms with Crippen molar-refractivity contribution in [2.45, 2.75) is 19.4 Å². The average molecular weight is 334 g/mol. The molecule has 2 aromatic carbocycles. The lowest BCUT2D eigenvalue weighted by Crippen LogP contribution is -2.28. The predicted octanol–water partition coefficient (Wildman–Crippen LogP) is 3.78. The highest BCUT2D eigenvalue weighted by molar-refractivity contribution is 6.31. The number of hydrogen-bond acceptors (Lipinski definition) is 3. The molecule has 0 fully saturated rings. The first-order chi connectivity index (χ1) is 11.0. The van der Waals surface area contributed by atoms with Gasteiger partial charge in [0.2, 0.25) is 5.91 Å². The molecule has 0 aliphatic carbocycles. The molecule has 1 unspecified atom stereocenters. The summed E-state index contributed by atoms with van der Waals surface area (Å²) < 4.78 is 10.4. The van der Waals surface area contributed by atoms with Crippen LogP contribution in [-0.2, 0) is 11.2 Å². The number of methoxy groups -OCH3 is 2. The van der Waals surface area contributed by atoms with Crippen molar-refractivity contribution in [3.05, 3.63) is 58.6 Å². The molecule has 23 heavy (non-hydrogen) atoms. The molecular formula is C18H20ClNO3. The van der Waals surface area contributed by atoms with Crippen molar-refractivity contribution < 1.29 is 14.3 Å². The van der Waals surface area contributed by atoms with Crippen LogP contribution < -0.4 is 14.8 Å². The van der Waals surface area contributed by atoms with Gasteiger partial charge in [-0.3, -0.25) is 4.79 Å². The highest BCUT2D eigenvalue weighted by Gasteiger charge is 2.13. The second-order valence-electron chi connectivity index (χ2n) is 5.18. The Kier molecular flexibility index (Phi) is 5.88. The van der Waals surface area contributed by atoms with Gasteiger partial charge in [-0.1, -0.05) is 35.9 Å². The van der Waals surface area contributed by atoms with E-state index in [0.29, 0.717) is 16.5 Å². The quantitative estimate of drug-likeness (QED) is 0.875. The summed E-state index contributed by atoms with van der Waals surface area (Å²) in [5.41, 5.74) is 1.75. The van der Waals surface area contributed by atoms with Gasteiger partial charge in [0.05, 0.1) is 26.7 Å². The van der Waals surface area contributed by atoms with Crippen LogP contribution in [0.5, 0.6) is 11.5 Å². The van der Waals surface area contributed by atoms with Crippen LogP contribution >= 0.6 is 11.6 Å². The number of benzene rings is 2. The maximum Gasteiger partial charge on any atom is 0.224 e. The monoisotopic (exact) mass is 333 g/mol. The Labute approximate surface area is 141 Å². The molecule has 4 nitrogen and oxygen atoms in total. The number of carbonyl (C=O) groups excluding carboxylic acids is 1. The van der Waals surface area contributed by atoms with Gasteiger partial charge in [0.25, 0.3) is 0 Å². The van der Waals surface area contributed by atoms with E-state index in [1.165, 1.54) is 0 Å². The van der Waals surface area contributed by atoms with Crippen LogP contribution in [0.1, 0.15) is 24.1 Å². The third-order valence-electron chi connectivity index (χ3n) is 3.56. The smallest absolute Gasteiger partial charge is 0.224 e. The summed E-state index contributed by atoms with van der Waals surface area (Å²) in [6.45, 7) is 1.91. The molecule has 2 rings (SSSR count). The predicted molar refractivity (Wildman–Crippen MR) is 91.3 cm³/mol. The van der Waals surface area contributed by atoms with E-state index < -0.39 is 0 Å². The summed E-state index contributed by atoms with van der Waals surface area (Å²) in [7, 11) is 3.15. The minimum absolute atomic E-state index is 0.0790. The van der Waals surface area contributed by atoms with Gasteiger partial charge >= 0.3 is 0 Å². The maximum absolute atomic E-state index is 12.2. The minimum Gasteiger partial charge on any atom is -0.493 e. The van der Waals surface area contributed by atoms with E-state index in [1.807, 2.05) is 37.3 Å². The van der Waals surface area contributed by atoms with Crippen molar-refractivity contribution in [3.8, 4) is 11.5 Å². The number of hydrogen-bond donors (Lipinski definition) is 1. The summed E-state index contributed by atoms with van der Waals surface area (Å²) in [5, 5.41) is 3.60. The van der Waals surface area contributed by atoms with Crippen molar-refractivity contribution in [3.63, 3.8) is 0 Å². The van der Waals surface area contributed by atoms with Crippen LogP contribution in [0.4, 0.5) is 0 Å². The van der Waals surface area contributed by atoms with Crippen LogP contribution in [0.25, 0.3) is 0 Å². The standard InChI is InChI=1S/C18H20ClNO3/c1-12(14-6-4-5-7-15(14)19)20-18(21)11-13-8-9-16(22-2)17(10-13)23-3/h4-10,12H,11H2,1-3H3,(H,20,21). The molecule has 5 heteroatoms. The fourth-order valence-electron chi connectivity index (χ4n) is 2.37. The molecule has 0 heterocycles. The molecule has 1 N–H and O–H groups in total. The number of rotatable bonds is 6. The van der Waals surface area contributed by atoms with Crippen LogP contribution in [0.2, 0.25) is 5.02 Å². The Balaban J connectivity index is 2.03. The van der Waals surface area contributed by atoms with Crippen molar-refractivity contribution in [1.29, 1.82) is 0 Å². The Morgan fingerprint density at radius 3 is 2.48 bits per heavy atom. The molecule has 0 saturated heterocycles. The zero-order valence-corrected chi connectivity index (χ0v) is 14.2. The Bertz CT molecular complexity index is 688. The number of carbonyl (C=O) groups is 1. The third-order valence-corrected chi connectivity index (χ3v) is 3.91. The van der Waals surface area contributed by atoms with Crippen LogP contribution in [0.3, 0.4) is 0 Å². The molecule has 1 atom stereocenters. The van der Waals surface area contributed by atoms with Gasteiger partial charge in [0.1, 0.15) is 0 Å². The fourth-order valence-corrected chi connectivity index (χ4v) is 2.67. The van der Waals surface area contributed by atoms with Gasteiger partial charge in [-0.05, 0) is 36.2 Å². The Morgan fingerprint density at radius 2 is 1.83 bits per heavy atom. The first-order valence-corrected chi connectivity index (χ1v) is 7.67. The van der Waals surface area contributed by atoms with Gasteiger partial charge in [-0.15, -0.1) is 0 Å². The number of nitrogens with one attached hydrogen (secondary N) is 1. The molecule has 0 aromatic heterocycles. The normalized spacial score (nSPS) is 11.7. The third kappa shape index (κ3) is 4.39. The zero-order valence-electron chi connectivity index (χ0n) is 13.4. The van der Waals surface area contributed by atoms with E-state index >= 15 is 0 Å². The summed E-state index contributed by atoms with van der Waals surface area (Å²) in [6, 6.07) is 12.8. The highest BCUT2D eigenvalue weighted by atomic mass is 35.5. The van der Waals surface area contributed by atoms with Gasteiger partial charge in [-0.2, -0.15) is 0 Å². The van der Waals surface area contributed by atoms with E-state index in [-0.39, 0.29) is 18.4 Å². The zero-order chi connectivity index (χ0) is 16.8. The first kappa shape index (κ1) is 17.2. The first-order valence-electron chi connectivity index (χ1n) is 7.30. The summed E-state index contributed by atoms with van der Waals surface area (Å²) in [5.74, 6) is 1.17. The van der Waals surface area contributed by atoms with Crippen LogP contribution in [-0.4, -0.2) is 20.1 Å². The van der Waals surface area contributed by atoms with Crippen LogP contribution in [0.15, 0.2) is 42.5 Å². The van der Waals surface area contributed by atoms with Gasteiger partial charge < -0.3 is 14.8 Å².